The highest BCUT2D eigenvalue weighted by molar-refractivity contribution is 5.97. The van der Waals surface area contributed by atoms with Crippen LogP contribution in [0, 0.1) is 0 Å². The number of nitrogens with one attached hydrogen (secondary N) is 1. The average Bonchev–Trinajstić information content (AvgIpc) is 2.83. The molecule has 0 radical (unpaired) electrons. The summed E-state index contributed by atoms with van der Waals surface area (Å²) >= 11 is 0. The maximum atomic E-state index is 12.6. The molecule has 1 saturated heterocycles. The van der Waals surface area contributed by atoms with Gasteiger partial charge in [-0.25, -0.2) is 4.79 Å². The highest BCUT2D eigenvalue weighted by Gasteiger charge is 2.29. The van der Waals surface area contributed by atoms with Gasteiger partial charge in [-0.15, -0.1) is 0 Å². The lowest BCUT2D eigenvalue weighted by molar-refractivity contribution is -0.139. The number of benzene rings is 2. The molecule has 1 aliphatic heterocycles. The van der Waals surface area contributed by atoms with E-state index < -0.39 is 18.0 Å². The van der Waals surface area contributed by atoms with Crippen LogP contribution in [0.2, 0.25) is 0 Å². The summed E-state index contributed by atoms with van der Waals surface area (Å²) < 4.78 is 11.0. The Morgan fingerprint density at radius 2 is 1.54 bits per heavy atom. The third kappa shape index (κ3) is 7.07. The fourth-order valence-electron chi connectivity index (χ4n) is 4.30. The van der Waals surface area contributed by atoms with Crippen LogP contribution in [-0.4, -0.2) is 47.5 Å². The van der Waals surface area contributed by atoms with Crippen LogP contribution in [0.3, 0.4) is 0 Å². The molecule has 1 aliphatic rings. The van der Waals surface area contributed by atoms with Gasteiger partial charge in [-0.2, -0.15) is 0 Å². The predicted octanol–water partition coefficient (Wildman–Crippen LogP) is 5.16. The van der Waals surface area contributed by atoms with Gasteiger partial charge in [-0.1, -0.05) is 26.0 Å². The quantitative estimate of drug-likeness (QED) is 0.528. The van der Waals surface area contributed by atoms with Gasteiger partial charge < -0.3 is 19.7 Å². The van der Waals surface area contributed by atoms with Crippen molar-refractivity contribution in [2.24, 2.45) is 0 Å². The second kappa shape index (κ2) is 11.9. The molecule has 2 amide bonds. The summed E-state index contributed by atoms with van der Waals surface area (Å²) in [6.45, 7) is 9.82. The Morgan fingerprint density at radius 1 is 0.943 bits per heavy atom. The highest BCUT2D eigenvalue weighted by Crippen LogP contribution is 2.23. The summed E-state index contributed by atoms with van der Waals surface area (Å²) in [5, 5.41) is 2.76. The lowest BCUT2D eigenvalue weighted by Crippen LogP contribution is -2.49. The van der Waals surface area contributed by atoms with E-state index in [1.165, 1.54) is 12.5 Å². The Bertz CT molecular complexity index is 1010. The topological polar surface area (TPSA) is 84.9 Å². The molecule has 0 unspecified atom stereocenters. The first-order chi connectivity index (χ1) is 16.7. The molecule has 35 heavy (non-hydrogen) atoms. The number of nitrogens with zero attached hydrogens (tertiary/aromatic N) is 1. The van der Waals surface area contributed by atoms with Gasteiger partial charge >= 0.3 is 5.97 Å². The number of anilines is 1. The SMILES string of the molecule is CC(C)c1ccc(NC(=O)[C@H](C)OC(=O)c2ccc(OCC(=O)N3[C@H](C)CCC[C@@H]3C)cc2)cc1. The highest BCUT2D eigenvalue weighted by atomic mass is 16.5. The van der Waals surface area contributed by atoms with Crippen molar-refractivity contribution in [3.8, 4) is 5.75 Å². The normalized spacial score (nSPS) is 18.6. The van der Waals surface area contributed by atoms with E-state index in [0.717, 1.165) is 19.3 Å². The molecule has 2 aromatic carbocycles. The van der Waals surface area contributed by atoms with Gasteiger partial charge in [0.05, 0.1) is 5.56 Å². The van der Waals surface area contributed by atoms with E-state index in [-0.39, 0.29) is 24.6 Å². The molecule has 188 valence electrons. The van der Waals surface area contributed by atoms with Gasteiger partial charge in [-0.05, 0) is 87.9 Å². The molecule has 1 heterocycles. The van der Waals surface area contributed by atoms with E-state index >= 15 is 0 Å². The number of likely N-dealkylation sites (tertiary alicyclic amines) is 1. The number of piperidine rings is 1. The lowest BCUT2D eigenvalue weighted by Gasteiger charge is -2.38. The minimum atomic E-state index is -0.964. The van der Waals surface area contributed by atoms with Crippen molar-refractivity contribution >= 4 is 23.5 Å². The second-order valence-electron chi connectivity index (χ2n) is 9.56. The fourth-order valence-corrected chi connectivity index (χ4v) is 4.30. The molecule has 1 fully saturated rings. The molecule has 1 N–H and O–H groups in total. The zero-order valence-electron chi connectivity index (χ0n) is 21.2. The standard InChI is InChI=1S/C28H36N2O5/c1-18(2)22-9-13-24(14-10-22)29-27(32)21(5)35-28(33)23-11-15-25(16-12-23)34-17-26(31)30-19(3)7-6-8-20(30)4/h9-16,18-21H,6-8,17H2,1-5H3,(H,29,32)/t19-,20+,21-/m0/s1. The second-order valence-corrected chi connectivity index (χ2v) is 9.56. The number of rotatable bonds is 8. The monoisotopic (exact) mass is 480 g/mol. The zero-order chi connectivity index (χ0) is 25.5. The van der Waals surface area contributed by atoms with Crippen LogP contribution in [-0.2, 0) is 14.3 Å². The molecular formula is C28H36N2O5. The van der Waals surface area contributed by atoms with Crippen molar-refractivity contribution in [1.82, 2.24) is 4.90 Å². The van der Waals surface area contributed by atoms with Crippen LogP contribution in [0.15, 0.2) is 48.5 Å². The Labute approximate surface area is 207 Å². The van der Waals surface area contributed by atoms with Crippen LogP contribution in [0.5, 0.6) is 5.75 Å². The first kappa shape index (κ1) is 26.3. The van der Waals surface area contributed by atoms with Crippen molar-refractivity contribution in [1.29, 1.82) is 0 Å². The molecule has 0 aliphatic carbocycles. The van der Waals surface area contributed by atoms with Crippen molar-refractivity contribution in [2.75, 3.05) is 11.9 Å². The van der Waals surface area contributed by atoms with E-state index in [0.29, 0.717) is 22.9 Å². The summed E-state index contributed by atoms with van der Waals surface area (Å²) in [4.78, 5) is 39.4. The Balaban J connectivity index is 1.49. The smallest absolute Gasteiger partial charge is 0.338 e. The van der Waals surface area contributed by atoms with E-state index in [1.54, 1.807) is 24.3 Å². The average molecular weight is 481 g/mol. The van der Waals surface area contributed by atoms with Gasteiger partial charge in [0.2, 0.25) is 0 Å². The van der Waals surface area contributed by atoms with E-state index in [2.05, 4.69) is 33.0 Å². The van der Waals surface area contributed by atoms with Gasteiger partial charge in [0.25, 0.3) is 11.8 Å². The van der Waals surface area contributed by atoms with E-state index in [4.69, 9.17) is 9.47 Å². The maximum absolute atomic E-state index is 12.6. The van der Waals surface area contributed by atoms with Crippen LogP contribution in [0.4, 0.5) is 5.69 Å². The van der Waals surface area contributed by atoms with Gasteiger partial charge in [0.15, 0.2) is 12.7 Å². The van der Waals surface area contributed by atoms with Crippen molar-refractivity contribution in [3.05, 3.63) is 59.7 Å². The summed E-state index contributed by atoms with van der Waals surface area (Å²) in [5.41, 5.74) is 2.12. The lowest BCUT2D eigenvalue weighted by atomic mass is 9.97. The first-order valence-corrected chi connectivity index (χ1v) is 12.3. The maximum Gasteiger partial charge on any atom is 0.338 e. The van der Waals surface area contributed by atoms with Crippen molar-refractivity contribution in [2.45, 2.75) is 78.0 Å². The number of carbonyl (C=O) groups excluding carboxylic acids is 3. The molecule has 2 aromatic rings. The third-order valence-electron chi connectivity index (χ3n) is 6.43. The Kier molecular flexibility index (Phi) is 8.90. The number of amides is 2. The zero-order valence-corrected chi connectivity index (χ0v) is 21.2. The summed E-state index contributed by atoms with van der Waals surface area (Å²) in [6, 6.07) is 14.4. The van der Waals surface area contributed by atoms with Crippen LogP contribution >= 0.6 is 0 Å². The van der Waals surface area contributed by atoms with Crippen molar-refractivity contribution < 1.29 is 23.9 Å². The molecule has 3 atom stereocenters. The van der Waals surface area contributed by atoms with Gasteiger partial charge in [0.1, 0.15) is 5.75 Å². The number of hydrogen-bond acceptors (Lipinski definition) is 5. The fraction of sp³-hybridized carbons (Fsp3) is 0.464. The van der Waals surface area contributed by atoms with Crippen LogP contribution in [0.25, 0.3) is 0 Å². The molecule has 7 nitrogen and oxygen atoms in total. The van der Waals surface area contributed by atoms with E-state index in [1.807, 2.05) is 29.2 Å². The predicted molar refractivity (Wildman–Crippen MR) is 136 cm³/mol. The molecule has 0 aromatic heterocycles. The molecule has 0 spiro atoms. The summed E-state index contributed by atoms with van der Waals surface area (Å²) in [6.07, 6.45) is 2.19. The number of esters is 1. The van der Waals surface area contributed by atoms with Gasteiger partial charge in [0, 0.05) is 17.8 Å². The molecule has 0 bridgehead atoms. The Morgan fingerprint density at radius 3 is 2.11 bits per heavy atom. The number of hydrogen-bond donors (Lipinski definition) is 1. The summed E-state index contributed by atoms with van der Waals surface area (Å²) in [7, 11) is 0. The molecule has 3 rings (SSSR count). The van der Waals surface area contributed by atoms with Crippen LogP contribution in [0.1, 0.15) is 75.7 Å². The summed E-state index contributed by atoms with van der Waals surface area (Å²) in [5.74, 6) is -0.162. The van der Waals surface area contributed by atoms with Gasteiger partial charge in [-0.3, -0.25) is 9.59 Å². The minimum Gasteiger partial charge on any atom is -0.484 e. The third-order valence-corrected chi connectivity index (χ3v) is 6.43. The molecule has 0 saturated carbocycles. The van der Waals surface area contributed by atoms with Crippen LogP contribution < -0.4 is 10.1 Å². The van der Waals surface area contributed by atoms with E-state index in [9.17, 15) is 14.4 Å². The number of carbonyl (C=O) groups is 3. The van der Waals surface area contributed by atoms with Crippen molar-refractivity contribution in [3.63, 3.8) is 0 Å². The first-order valence-electron chi connectivity index (χ1n) is 12.3. The number of ether oxygens (including phenoxy) is 2. The minimum absolute atomic E-state index is 0.0353. The molecule has 7 heteroatoms. The Hall–Kier alpha value is -3.35. The molecular weight excluding hydrogens is 444 g/mol. The largest absolute Gasteiger partial charge is 0.484 e.